The topological polar surface area (TPSA) is 206 Å². The van der Waals surface area contributed by atoms with E-state index < -0.39 is 74.8 Å². The highest BCUT2D eigenvalue weighted by Crippen LogP contribution is 2.44. The molecule has 0 aromatic heterocycles. The van der Waals surface area contributed by atoms with Crippen LogP contribution in [0.2, 0.25) is 0 Å². The summed E-state index contributed by atoms with van der Waals surface area (Å²) in [5.74, 6) is -1.93. The summed E-state index contributed by atoms with van der Waals surface area (Å²) >= 11 is 0. The van der Waals surface area contributed by atoms with E-state index in [1.54, 1.807) is 0 Å². The number of carboxylic acids is 1. The minimum Gasteiger partial charge on any atom is -0.479 e. The molecule has 0 spiro atoms. The van der Waals surface area contributed by atoms with Crippen molar-refractivity contribution >= 4 is 19.5 Å². The first-order chi connectivity index (χ1) is 22.3. The summed E-state index contributed by atoms with van der Waals surface area (Å²) in [5.41, 5.74) is -1.95. The Morgan fingerprint density at radius 1 is 0.872 bits per heavy atom. The third kappa shape index (κ3) is 19.4. The van der Waals surface area contributed by atoms with Gasteiger partial charge in [0.1, 0.15) is 0 Å². The Labute approximate surface area is 282 Å². The molecule has 1 aliphatic rings. The lowest BCUT2D eigenvalue weighted by Crippen LogP contribution is -2.55. The van der Waals surface area contributed by atoms with Gasteiger partial charge in [-0.3, -0.25) is 9.36 Å². The zero-order valence-corrected chi connectivity index (χ0v) is 29.8. The van der Waals surface area contributed by atoms with Crippen LogP contribution < -0.4 is 10.6 Å². The van der Waals surface area contributed by atoms with E-state index in [9.17, 15) is 44.6 Å². The molecule has 47 heavy (non-hydrogen) atoms. The van der Waals surface area contributed by atoms with Crippen molar-refractivity contribution in [1.82, 2.24) is 10.6 Å². The van der Waals surface area contributed by atoms with Crippen molar-refractivity contribution in [1.29, 1.82) is 0 Å². The quantitative estimate of drug-likeness (QED) is 0.0310. The van der Waals surface area contributed by atoms with E-state index in [0.29, 0.717) is 6.42 Å². The van der Waals surface area contributed by atoms with Gasteiger partial charge in [0.15, 0.2) is 5.54 Å². The van der Waals surface area contributed by atoms with Crippen LogP contribution in [-0.4, -0.2) is 97.6 Å². The lowest BCUT2D eigenvalue weighted by molar-refractivity contribution is -0.148. The molecule has 7 atom stereocenters. The second kappa shape index (κ2) is 24.7. The molecule has 0 saturated carbocycles. The Balaban J connectivity index is 2.17. The predicted molar refractivity (Wildman–Crippen MR) is 183 cm³/mol. The molecule has 0 bridgehead atoms. The molecular weight excluding hydrogens is 627 g/mol. The van der Waals surface area contributed by atoms with Gasteiger partial charge in [-0.25, -0.2) is 4.79 Å². The Hall–Kier alpha value is -1.37. The summed E-state index contributed by atoms with van der Waals surface area (Å²) in [6, 6.07) is -1.63. The van der Waals surface area contributed by atoms with Crippen molar-refractivity contribution in [2.24, 2.45) is 0 Å². The second-order valence-electron chi connectivity index (χ2n) is 13.5. The van der Waals surface area contributed by atoms with Gasteiger partial charge >= 0.3 is 13.6 Å². The van der Waals surface area contributed by atoms with E-state index in [-0.39, 0.29) is 12.8 Å². The molecule has 1 rings (SSSR count). The van der Waals surface area contributed by atoms with Gasteiger partial charge in [0.05, 0.1) is 43.7 Å². The zero-order chi connectivity index (χ0) is 35.1. The summed E-state index contributed by atoms with van der Waals surface area (Å²) in [6.07, 6.45) is 19.9. The van der Waals surface area contributed by atoms with E-state index in [1.807, 2.05) is 0 Å². The first-order valence-electron chi connectivity index (χ1n) is 17.9. The minimum atomic E-state index is -4.49. The van der Waals surface area contributed by atoms with Crippen molar-refractivity contribution in [3.63, 3.8) is 0 Å². The number of carbonyl (C=O) groups is 2. The van der Waals surface area contributed by atoms with Gasteiger partial charge < -0.3 is 45.6 Å². The molecular formula is C34H65N2O10P. The fourth-order valence-corrected chi connectivity index (χ4v) is 7.06. The first-order valence-corrected chi connectivity index (χ1v) is 19.7. The largest absolute Gasteiger partial charge is 0.479 e. The summed E-state index contributed by atoms with van der Waals surface area (Å²) < 4.78 is 17.6. The molecule has 1 heterocycles. The maximum Gasteiger partial charge on any atom is 0.331 e. The third-order valence-electron chi connectivity index (χ3n) is 8.87. The van der Waals surface area contributed by atoms with Gasteiger partial charge in [0, 0.05) is 12.5 Å². The maximum absolute atomic E-state index is 12.6. The smallest absolute Gasteiger partial charge is 0.331 e. The van der Waals surface area contributed by atoms with Crippen LogP contribution in [0.3, 0.4) is 0 Å². The molecule has 276 valence electrons. The van der Waals surface area contributed by atoms with Crippen LogP contribution in [0.25, 0.3) is 0 Å². The van der Waals surface area contributed by atoms with Crippen molar-refractivity contribution in [2.45, 2.75) is 172 Å². The highest BCUT2D eigenvalue weighted by Gasteiger charge is 2.43. The normalized spacial score (nSPS) is 23.0. The van der Waals surface area contributed by atoms with Crippen LogP contribution in [0.1, 0.15) is 136 Å². The fraction of sp³-hybridized carbons (Fsp3) is 0.882. The number of hydrogen-bond donors (Lipinski definition) is 8. The van der Waals surface area contributed by atoms with Crippen LogP contribution >= 0.6 is 7.60 Å². The number of hydrogen-bond acceptors (Lipinski definition) is 9. The summed E-state index contributed by atoms with van der Waals surface area (Å²) in [6.45, 7) is 2.20. The lowest BCUT2D eigenvalue weighted by Gasteiger charge is -2.28. The number of allylic oxidation sites excluding steroid dienone is 2. The van der Waals surface area contributed by atoms with Crippen LogP contribution in [0.4, 0.5) is 0 Å². The van der Waals surface area contributed by atoms with Crippen LogP contribution in [0, 0.1) is 0 Å². The molecule has 0 aliphatic carbocycles. The number of rotatable bonds is 29. The number of carbonyl (C=O) groups excluding carboxylic acids is 1. The highest BCUT2D eigenvalue weighted by atomic mass is 31.2. The predicted octanol–water partition coefficient (Wildman–Crippen LogP) is 4.55. The van der Waals surface area contributed by atoms with Crippen molar-refractivity contribution in [3.05, 3.63) is 12.2 Å². The van der Waals surface area contributed by atoms with Gasteiger partial charge in [0.25, 0.3) is 0 Å². The second-order valence-corrected chi connectivity index (χ2v) is 15.4. The molecule has 1 saturated heterocycles. The van der Waals surface area contributed by atoms with E-state index in [2.05, 4.69) is 29.7 Å². The van der Waals surface area contributed by atoms with E-state index in [0.717, 1.165) is 32.1 Å². The number of unbranched alkanes of at least 4 members (excludes halogenated alkanes) is 15. The molecule has 13 heteroatoms. The Kier molecular flexibility index (Phi) is 23.0. The Morgan fingerprint density at radius 3 is 1.85 bits per heavy atom. The molecule has 2 unspecified atom stereocenters. The molecule has 8 N–H and O–H groups in total. The first kappa shape index (κ1) is 43.7. The lowest BCUT2D eigenvalue weighted by atomic mass is 10.0. The molecule has 12 nitrogen and oxygen atoms in total. The summed E-state index contributed by atoms with van der Waals surface area (Å²) in [5, 5.41) is 54.3. The molecule has 0 aromatic carbocycles. The van der Waals surface area contributed by atoms with Crippen molar-refractivity contribution in [3.8, 4) is 0 Å². The number of aliphatic hydroxyl groups excluding tert-OH is 4. The number of aliphatic hydroxyl groups is 4. The number of nitrogens with one attached hydrogen (secondary N) is 2. The Bertz CT molecular complexity index is 939. The zero-order valence-electron chi connectivity index (χ0n) is 28.9. The van der Waals surface area contributed by atoms with Gasteiger partial charge in [-0.1, -0.05) is 96.1 Å². The summed E-state index contributed by atoms with van der Waals surface area (Å²) in [4.78, 5) is 34.6. The maximum atomic E-state index is 12.6. The van der Waals surface area contributed by atoms with Crippen LogP contribution in [0.5, 0.6) is 0 Å². The highest BCUT2D eigenvalue weighted by molar-refractivity contribution is 7.52. The van der Waals surface area contributed by atoms with Gasteiger partial charge in [-0.15, -0.1) is 0 Å². The molecule has 1 aliphatic heterocycles. The molecule has 1 amide bonds. The number of amides is 1. The van der Waals surface area contributed by atoms with E-state index in [1.165, 1.54) is 77.6 Å². The monoisotopic (exact) mass is 692 g/mol. The average molecular weight is 693 g/mol. The number of carboxylic acid groups (broad SMARTS) is 1. The third-order valence-corrected chi connectivity index (χ3v) is 10.3. The van der Waals surface area contributed by atoms with Gasteiger partial charge in [-0.2, -0.15) is 0 Å². The van der Waals surface area contributed by atoms with E-state index in [4.69, 9.17) is 4.52 Å². The van der Waals surface area contributed by atoms with Crippen LogP contribution in [-0.2, 0) is 18.7 Å². The standard InChI is InChI=1S/C34H65N2O10P/c1-3-4-5-6-7-8-9-10-11-12-13-14-15-16-17-18-19-20-21-22-30(39)36-34(2,33(42)43)26-46-47(44,45)25-27(38)23-28-31(40)32(41)29(24-37)35-28/h10-11,27-29,31-32,35,37-38,40-41H,3-9,12-26H2,1-2H3,(H,36,39)(H,42,43)(H,44,45)/b11-10-/t27-,28-,29-,31-,32-,34?/m1/s1. The SMILES string of the molecule is CCCCCCCC/C=C\CCCCCCCCCCCC(=O)NC(C)(COP(=O)(O)C[C@H](O)C[C@H]1N[C@H](CO)[C@@H](O)[C@@H]1O)C(=O)O. The van der Waals surface area contributed by atoms with E-state index >= 15 is 0 Å². The minimum absolute atomic E-state index is 0.127. The molecule has 0 radical (unpaired) electrons. The van der Waals surface area contributed by atoms with Crippen LogP contribution in [0.15, 0.2) is 12.2 Å². The average Bonchev–Trinajstić information content (AvgIpc) is 3.28. The summed E-state index contributed by atoms with van der Waals surface area (Å²) in [7, 11) is -4.49. The fourth-order valence-electron chi connectivity index (χ4n) is 5.82. The Morgan fingerprint density at radius 2 is 1.36 bits per heavy atom. The van der Waals surface area contributed by atoms with Gasteiger partial charge in [0.2, 0.25) is 5.91 Å². The number of aliphatic carboxylic acids is 1. The molecule has 0 aromatic rings. The van der Waals surface area contributed by atoms with Crippen molar-refractivity contribution < 1.29 is 49.1 Å². The molecule has 1 fully saturated rings. The van der Waals surface area contributed by atoms with Crippen molar-refractivity contribution in [2.75, 3.05) is 19.4 Å². The van der Waals surface area contributed by atoms with Gasteiger partial charge in [-0.05, 0) is 45.4 Å².